The molecule has 1 saturated heterocycles. The summed E-state index contributed by atoms with van der Waals surface area (Å²) in [5, 5.41) is 32.1. The smallest absolute Gasteiger partial charge is 0.252 e. The zero-order valence-electron chi connectivity index (χ0n) is 27.4. The highest BCUT2D eigenvalue weighted by molar-refractivity contribution is 6.30. The van der Waals surface area contributed by atoms with Crippen LogP contribution in [-0.2, 0) is 9.59 Å². The van der Waals surface area contributed by atoms with Gasteiger partial charge in [0.05, 0.1) is 11.6 Å². The first-order valence-electron chi connectivity index (χ1n) is 16.2. The number of aromatic amines is 1. The Labute approximate surface area is 272 Å². The number of carbonyl (C=O) groups is 2. The Hall–Kier alpha value is -3.17. The summed E-state index contributed by atoms with van der Waals surface area (Å²) in [6, 6.07) is 7.33. The summed E-state index contributed by atoms with van der Waals surface area (Å²) in [6.45, 7) is 12.2. The van der Waals surface area contributed by atoms with Crippen LogP contribution in [0.3, 0.4) is 0 Å². The van der Waals surface area contributed by atoms with Gasteiger partial charge in [-0.25, -0.2) is 0 Å². The standard InChI is InChI=1S/C36H49ClN4O4/c1-7-9-23(10-8-2)17-27(42)20-38-35(45)31-22(5)40-30(32(31)24-11-13-26(37)14-12-24)19-28-29-18-25(33(43)39-21(3)4)15-16-36(29,6)41-34(28)44/h11-15,18-19,21,23,27,35,38,40,42,45H,7-10,16-17,20H2,1-6H3,(H,39,43)(H,41,44)/b28-19-. The number of halogens is 1. The van der Waals surface area contributed by atoms with Crippen LogP contribution in [0.1, 0.15) is 96.3 Å². The lowest BCUT2D eigenvalue weighted by Crippen LogP contribution is -2.41. The van der Waals surface area contributed by atoms with Crippen molar-refractivity contribution in [2.45, 2.75) is 104 Å². The molecule has 3 unspecified atom stereocenters. The normalized spacial score (nSPS) is 20.2. The molecular formula is C36H49ClN4O4. The molecule has 6 N–H and O–H groups in total. The highest BCUT2D eigenvalue weighted by Crippen LogP contribution is 2.41. The summed E-state index contributed by atoms with van der Waals surface area (Å²) in [5.41, 5.74) is 4.64. The molecular weight excluding hydrogens is 588 g/mol. The van der Waals surface area contributed by atoms with Gasteiger partial charge in [0.15, 0.2) is 0 Å². The summed E-state index contributed by atoms with van der Waals surface area (Å²) < 4.78 is 0. The van der Waals surface area contributed by atoms with Crippen molar-refractivity contribution < 1.29 is 19.8 Å². The van der Waals surface area contributed by atoms with Gasteiger partial charge in [-0.3, -0.25) is 14.9 Å². The van der Waals surface area contributed by atoms with Crippen LogP contribution in [0.25, 0.3) is 17.2 Å². The molecule has 0 saturated carbocycles. The summed E-state index contributed by atoms with van der Waals surface area (Å²) >= 11 is 6.23. The molecule has 4 rings (SSSR count). The van der Waals surface area contributed by atoms with Crippen molar-refractivity contribution >= 4 is 29.5 Å². The Morgan fingerprint density at radius 3 is 2.42 bits per heavy atom. The van der Waals surface area contributed by atoms with Gasteiger partial charge in [0.25, 0.3) is 11.8 Å². The van der Waals surface area contributed by atoms with E-state index < -0.39 is 17.9 Å². The van der Waals surface area contributed by atoms with E-state index in [4.69, 9.17) is 11.6 Å². The number of hydrogen-bond donors (Lipinski definition) is 6. The molecule has 9 heteroatoms. The van der Waals surface area contributed by atoms with Crippen LogP contribution in [0.2, 0.25) is 5.02 Å². The maximum atomic E-state index is 13.4. The third-order valence-corrected chi connectivity index (χ3v) is 8.99. The number of aromatic nitrogens is 1. The molecule has 0 radical (unpaired) electrons. The highest BCUT2D eigenvalue weighted by Gasteiger charge is 2.43. The van der Waals surface area contributed by atoms with E-state index in [9.17, 15) is 19.8 Å². The number of fused-ring (bicyclic) bond motifs is 1. The van der Waals surface area contributed by atoms with E-state index in [1.807, 2.05) is 45.9 Å². The number of aliphatic hydroxyl groups excluding tert-OH is 2. The van der Waals surface area contributed by atoms with Crippen LogP contribution in [0.4, 0.5) is 0 Å². The van der Waals surface area contributed by atoms with Crippen molar-refractivity contribution in [1.29, 1.82) is 0 Å². The summed E-state index contributed by atoms with van der Waals surface area (Å²) in [6.07, 6.45) is 9.29. The van der Waals surface area contributed by atoms with Gasteiger partial charge in [0.2, 0.25) is 0 Å². The average molecular weight is 637 g/mol. The second-order valence-electron chi connectivity index (χ2n) is 13.0. The number of aryl methyl sites for hydroxylation is 1. The lowest BCUT2D eigenvalue weighted by molar-refractivity contribution is -0.118. The van der Waals surface area contributed by atoms with E-state index in [-0.39, 0.29) is 24.4 Å². The zero-order valence-corrected chi connectivity index (χ0v) is 28.1. The average Bonchev–Trinajstić information content (AvgIpc) is 3.43. The fourth-order valence-corrected chi connectivity index (χ4v) is 6.71. The van der Waals surface area contributed by atoms with Crippen molar-refractivity contribution in [3.05, 3.63) is 75.1 Å². The second kappa shape index (κ2) is 14.9. The molecule has 2 heterocycles. The van der Waals surface area contributed by atoms with Crippen molar-refractivity contribution in [3.63, 3.8) is 0 Å². The molecule has 2 amide bonds. The number of aliphatic hydroxyl groups is 2. The quantitative estimate of drug-likeness (QED) is 0.108. The van der Waals surface area contributed by atoms with Crippen molar-refractivity contribution in [3.8, 4) is 11.1 Å². The molecule has 2 aromatic rings. The summed E-state index contributed by atoms with van der Waals surface area (Å²) in [7, 11) is 0. The minimum absolute atomic E-state index is 0.0130. The molecule has 45 heavy (non-hydrogen) atoms. The number of H-pyrrole nitrogens is 1. The minimum Gasteiger partial charge on any atom is -0.392 e. The lowest BCUT2D eigenvalue weighted by Gasteiger charge is -2.28. The Balaban J connectivity index is 1.70. The number of amides is 2. The molecule has 0 spiro atoms. The zero-order chi connectivity index (χ0) is 32.9. The Bertz CT molecular complexity index is 1470. The largest absolute Gasteiger partial charge is 0.392 e. The van der Waals surface area contributed by atoms with Gasteiger partial charge < -0.3 is 25.8 Å². The van der Waals surface area contributed by atoms with E-state index >= 15 is 0 Å². The molecule has 1 aliphatic heterocycles. The van der Waals surface area contributed by atoms with Gasteiger partial charge in [-0.05, 0) is 81.9 Å². The van der Waals surface area contributed by atoms with Crippen LogP contribution in [0.5, 0.6) is 0 Å². The first kappa shape index (κ1) is 34.7. The Morgan fingerprint density at radius 1 is 1.13 bits per heavy atom. The van der Waals surface area contributed by atoms with Gasteiger partial charge in [-0.1, -0.05) is 69.3 Å². The lowest BCUT2D eigenvalue weighted by atomic mass is 9.81. The third-order valence-electron chi connectivity index (χ3n) is 8.74. The van der Waals surface area contributed by atoms with Crippen LogP contribution < -0.4 is 16.0 Å². The number of hydrogen-bond acceptors (Lipinski definition) is 5. The maximum absolute atomic E-state index is 13.4. The van der Waals surface area contributed by atoms with Crippen molar-refractivity contribution in [2.75, 3.05) is 6.54 Å². The second-order valence-corrected chi connectivity index (χ2v) is 13.4. The number of nitrogens with one attached hydrogen (secondary N) is 4. The molecule has 1 fully saturated rings. The van der Waals surface area contributed by atoms with Crippen molar-refractivity contribution in [2.24, 2.45) is 5.92 Å². The van der Waals surface area contributed by atoms with Crippen LogP contribution in [0.15, 0.2) is 53.1 Å². The molecule has 1 aliphatic carbocycles. The van der Waals surface area contributed by atoms with Crippen LogP contribution in [0, 0.1) is 12.8 Å². The van der Waals surface area contributed by atoms with Gasteiger partial charge in [-0.2, -0.15) is 0 Å². The molecule has 1 aromatic carbocycles. The molecule has 0 bridgehead atoms. The molecule has 3 atom stereocenters. The van der Waals surface area contributed by atoms with Gasteiger partial charge >= 0.3 is 0 Å². The van der Waals surface area contributed by atoms with E-state index in [0.717, 1.165) is 48.1 Å². The first-order chi connectivity index (χ1) is 21.4. The number of rotatable bonds is 14. The fourth-order valence-electron chi connectivity index (χ4n) is 6.58. The van der Waals surface area contributed by atoms with Gasteiger partial charge in [0, 0.05) is 51.3 Å². The van der Waals surface area contributed by atoms with E-state index in [1.165, 1.54) is 0 Å². The predicted octanol–water partition coefficient (Wildman–Crippen LogP) is 6.24. The van der Waals surface area contributed by atoms with Gasteiger partial charge in [0.1, 0.15) is 6.23 Å². The minimum atomic E-state index is -1.07. The third kappa shape index (κ3) is 8.17. The molecule has 1 aromatic heterocycles. The van der Waals surface area contributed by atoms with E-state index in [0.29, 0.717) is 46.2 Å². The Kier molecular flexibility index (Phi) is 11.5. The predicted molar refractivity (Wildman–Crippen MR) is 181 cm³/mol. The maximum Gasteiger partial charge on any atom is 0.252 e. The first-order valence-corrected chi connectivity index (χ1v) is 16.6. The highest BCUT2D eigenvalue weighted by atomic mass is 35.5. The molecule has 244 valence electrons. The van der Waals surface area contributed by atoms with Crippen molar-refractivity contribution in [1.82, 2.24) is 20.9 Å². The number of benzene rings is 1. The SMILES string of the molecule is CCCC(CCC)CC(O)CNC(O)c1c(C)[nH]c(/C=C2\C(=O)NC3(C)CC=C(C(=O)NC(C)C)C=C23)c1-c1ccc(Cl)cc1. The Morgan fingerprint density at radius 2 is 1.80 bits per heavy atom. The topological polar surface area (TPSA) is 126 Å². The monoisotopic (exact) mass is 636 g/mol. The molecule has 8 nitrogen and oxygen atoms in total. The van der Waals surface area contributed by atoms with Gasteiger partial charge in [-0.15, -0.1) is 0 Å². The van der Waals surface area contributed by atoms with Crippen LogP contribution >= 0.6 is 11.6 Å². The summed E-state index contributed by atoms with van der Waals surface area (Å²) in [4.78, 5) is 29.7. The van der Waals surface area contributed by atoms with E-state index in [1.54, 1.807) is 24.3 Å². The van der Waals surface area contributed by atoms with Crippen LogP contribution in [-0.4, -0.2) is 51.2 Å². The number of carbonyl (C=O) groups excluding carboxylic acids is 2. The fraction of sp³-hybridized carbons (Fsp3) is 0.500. The molecule has 2 aliphatic rings. The van der Waals surface area contributed by atoms with E-state index in [2.05, 4.69) is 34.8 Å². The summed E-state index contributed by atoms with van der Waals surface area (Å²) in [5.74, 6) is 0.0502.